The number of ether oxygens (including phenoxy) is 2. The average molecular weight is 480 g/mol. The second-order valence-electron chi connectivity index (χ2n) is 6.67. The lowest BCUT2D eigenvalue weighted by Crippen LogP contribution is -2.27. The SMILES string of the molecule is COc1ccccc1N(C)S(=O)(=O)c1ccc(C(=O)Nc2ccccc2OC(F)(F)F)cc1. The number of alkyl halides is 3. The number of sulfonamides is 1. The fourth-order valence-corrected chi connectivity index (χ4v) is 4.14. The van der Waals surface area contributed by atoms with Crippen LogP contribution in [0.5, 0.6) is 11.5 Å². The first-order chi connectivity index (χ1) is 15.5. The van der Waals surface area contributed by atoms with Crippen molar-refractivity contribution in [1.29, 1.82) is 0 Å². The Morgan fingerprint density at radius 3 is 2.09 bits per heavy atom. The van der Waals surface area contributed by atoms with Crippen molar-refractivity contribution in [3.8, 4) is 11.5 Å². The highest BCUT2D eigenvalue weighted by Gasteiger charge is 2.32. The second-order valence-corrected chi connectivity index (χ2v) is 8.64. The molecule has 3 rings (SSSR count). The van der Waals surface area contributed by atoms with Gasteiger partial charge in [-0.05, 0) is 48.5 Å². The van der Waals surface area contributed by atoms with Gasteiger partial charge in [-0.2, -0.15) is 0 Å². The number of carbonyl (C=O) groups excluding carboxylic acids is 1. The summed E-state index contributed by atoms with van der Waals surface area (Å²) in [5, 5.41) is 2.33. The fraction of sp³-hybridized carbons (Fsp3) is 0.136. The summed E-state index contributed by atoms with van der Waals surface area (Å²) in [7, 11) is -1.19. The number of carbonyl (C=O) groups is 1. The molecule has 0 bridgehead atoms. The zero-order chi connectivity index (χ0) is 24.2. The van der Waals surface area contributed by atoms with E-state index in [1.54, 1.807) is 24.3 Å². The number of anilines is 2. The molecule has 0 aliphatic heterocycles. The van der Waals surface area contributed by atoms with Crippen LogP contribution in [-0.4, -0.2) is 34.8 Å². The third kappa shape index (κ3) is 5.55. The Labute approximate surface area is 188 Å². The average Bonchev–Trinajstić information content (AvgIpc) is 2.79. The second kappa shape index (κ2) is 9.41. The minimum absolute atomic E-state index is 0.0377. The lowest BCUT2D eigenvalue weighted by molar-refractivity contribution is -0.274. The Kier molecular flexibility index (Phi) is 6.82. The molecule has 3 aromatic carbocycles. The van der Waals surface area contributed by atoms with Crippen LogP contribution in [0.4, 0.5) is 24.5 Å². The molecule has 33 heavy (non-hydrogen) atoms. The minimum atomic E-state index is -4.93. The highest BCUT2D eigenvalue weighted by Crippen LogP contribution is 2.32. The molecule has 1 N–H and O–H groups in total. The first-order valence-electron chi connectivity index (χ1n) is 9.41. The van der Waals surface area contributed by atoms with Gasteiger partial charge in [-0.3, -0.25) is 9.10 Å². The molecule has 7 nitrogen and oxygen atoms in total. The van der Waals surface area contributed by atoms with Crippen LogP contribution in [-0.2, 0) is 10.0 Å². The van der Waals surface area contributed by atoms with Crippen LogP contribution in [0.25, 0.3) is 0 Å². The molecule has 3 aromatic rings. The van der Waals surface area contributed by atoms with Gasteiger partial charge in [0.25, 0.3) is 15.9 Å². The summed E-state index contributed by atoms with van der Waals surface area (Å²) in [5.41, 5.74) is 0.172. The molecule has 1 amide bonds. The standard InChI is InChI=1S/C22H19F3N2O5S/c1-27(18-8-4-6-10-20(18)31-2)33(29,30)16-13-11-15(12-14-16)21(28)26-17-7-3-5-9-19(17)32-22(23,24)25/h3-14H,1-2H3,(H,26,28). The minimum Gasteiger partial charge on any atom is -0.495 e. The van der Waals surface area contributed by atoms with E-state index in [0.717, 1.165) is 10.4 Å². The molecule has 0 heterocycles. The quantitative estimate of drug-likeness (QED) is 0.531. The predicted octanol–water partition coefficient (Wildman–Crippen LogP) is 4.67. The molecule has 0 aromatic heterocycles. The lowest BCUT2D eigenvalue weighted by atomic mass is 10.2. The first-order valence-corrected chi connectivity index (χ1v) is 10.8. The molecule has 174 valence electrons. The number of benzene rings is 3. The summed E-state index contributed by atoms with van der Waals surface area (Å²) >= 11 is 0. The highest BCUT2D eigenvalue weighted by atomic mass is 32.2. The number of rotatable bonds is 7. The van der Waals surface area contributed by atoms with Crippen LogP contribution < -0.4 is 19.1 Å². The number of hydrogen-bond acceptors (Lipinski definition) is 5. The Morgan fingerprint density at radius 2 is 1.48 bits per heavy atom. The number of nitrogens with one attached hydrogen (secondary N) is 1. The van der Waals surface area contributed by atoms with Crippen LogP contribution in [0.2, 0.25) is 0 Å². The number of nitrogens with zero attached hydrogens (tertiary/aromatic N) is 1. The molecule has 0 unspecified atom stereocenters. The van der Waals surface area contributed by atoms with Crippen molar-refractivity contribution in [1.82, 2.24) is 0 Å². The number of para-hydroxylation sites is 4. The Balaban J connectivity index is 1.81. The van der Waals surface area contributed by atoms with Gasteiger partial charge >= 0.3 is 6.36 Å². The lowest BCUT2D eigenvalue weighted by Gasteiger charge is -2.21. The van der Waals surface area contributed by atoms with E-state index in [-0.39, 0.29) is 16.1 Å². The molecule has 0 saturated heterocycles. The molecule has 0 atom stereocenters. The van der Waals surface area contributed by atoms with Crippen molar-refractivity contribution < 1.29 is 35.9 Å². The first kappa shape index (κ1) is 23.9. The van der Waals surface area contributed by atoms with Gasteiger partial charge in [0, 0.05) is 12.6 Å². The normalized spacial score (nSPS) is 11.5. The van der Waals surface area contributed by atoms with E-state index < -0.39 is 28.0 Å². The number of amides is 1. The summed E-state index contributed by atoms with van der Waals surface area (Å²) < 4.78 is 73.9. The molecular formula is C22H19F3N2O5S. The van der Waals surface area contributed by atoms with Crippen molar-refractivity contribution in [2.45, 2.75) is 11.3 Å². The highest BCUT2D eigenvalue weighted by molar-refractivity contribution is 7.92. The van der Waals surface area contributed by atoms with Crippen LogP contribution in [0.3, 0.4) is 0 Å². The monoisotopic (exact) mass is 480 g/mol. The van der Waals surface area contributed by atoms with E-state index in [2.05, 4.69) is 10.1 Å². The van der Waals surface area contributed by atoms with Gasteiger partial charge < -0.3 is 14.8 Å². The van der Waals surface area contributed by atoms with Crippen molar-refractivity contribution in [3.05, 3.63) is 78.4 Å². The number of hydrogen-bond donors (Lipinski definition) is 1. The molecule has 0 aliphatic rings. The Hall–Kier alpha value is -3.73. The molecule has 0 aliphatic carbocycles. The van der Waals surface area contributed by atoms with E-state index >= 15 is 0 Å². The van der Waals surface area contributed by atoms with E-state index in [4.69, 9.17) is 4.74 Å². The van der Waals surface area contributed by atoms with Gasteiger partial charge in [0.2, 0.25) is 0 Å². The number of methoxy groups -OCH3 is 1. The van der Waals surface area contributed by atoms with Crippen LogP contribution in [0.1, 0.15) is 10.4 Å². The smallest absolute Gasteiger partial charge is 0.495 e. The van der Waals surface area contributed by atoms with Crippen LogP contribution >= 0.6 is 0 Å². The molecule has 0 spiro atoms. The van der Waals surface area contributed by atoms with Gasteiger partial charge in [-0.1, -0.05) is 24.3 Å². The van der Waals surface area contributed by atoms with Gasteiger partial charge in [-0.15, -0.1) is 13.2 Å². The zero-order valence-corrected chi connectivity index (χ0v) is 18.3. The summed E-state index contributed by atoms with van der Waals surface area (Å²) in [6.07, 6.45) is -4.93. The van der Waals surface area contributed by atoms with Gasteiger partial charge in [0.1, 0.15) is 5.75 Å². The van der Waals surface area contributed by atoms with E-state index in [1.807, 2.05) is 0 Å². The molecule has 0 saturated carbocycles. The maximum Gasteiger partial charge on any atom is 0.573 e. The van der Waals surface area contributed by atoms with E-state index in [0.29, 0.717) is 11.4 Å². The third-order valence-electron chi connectivity index (χ3n) is 4.56. The molecule has 0 fully saturated rings. The Morgan fingerprint density at radius 1 is 0.909 bits per heavy atom. The van der Waals surface area contributed by atoms with Gasteiger partial charge in [0.05, 0.1) is 23.4 Å². The van der Waals surface area contributed by atoms with Crippen LogP contribution in [0.15, 0.2) is 77.7 Å². The Bertz CT molecular complexity index is 1250. The summed E-state index contributed by atoms with van der Waals surface area (Å²) in [4.78, 5) is 12.4. The van der Waals surface area contributed by atoms with E-state index in [1.165, 1.54) is 56.6 Å². The largest absolute Gasteiger partial charge is 0.573 e. The summed E-state index contributed by atoms with van der Waals surface area (Å²) in [6.45, 7) is 0. The fourth-order valence-electron chi connectivity index (χ4n) is 2.93. The van der Waals surface area contributed by atoms with Crippen LogP contribution in [0, 0.1) is 0 Å². The third-order valence-corrected chi connectivity index (χ3v) is 6.35. The topological polar surface area (TPSA) is 84.9 Å². The van der Waals surface area contributed by atoms with E-state index in [9.17, 15) is 26.4 Å². The van der Waals surface area contributed by atoms with Crippen molar-refractivity contribution >= 4 is 27.3 Å². The van der Waals surface area contributed by atoms with Crippen molar-refractivity contribution in [2.24, 2.45) is 0 Å². The molecule has 11 heteroatoms. The van der Waals surface area contributed by atoms with Gasteiger partial charge in [0.15, 0.2) is 5.75 Å². The number of halogens is 3. The molecule has 0 radical (unpaired) electrons. The maximum atomic E-state index is 13.0. The molecular weight excluding hydrogens is 461 g/mol. The van der Waals surface area contributed by atoms with Gasteiger partial charge in [-0.25, -0.2) is 8.42 Å². The van der Waals surface area contributed by atoms with Crippen molar-refractivity contribution in [2.75, 3.05) is 23.8 Å². The summed E-state index contributed by atoms with van der Waals surface area (Å²) in [5.74, 6) is -0.953. The predicted molar refractivity (Wildman–Crippen MR) is 116 cm³/mol. The maximum absolute atomic E-state index is 13.0. The zero-order valence-electron chi connectivity index (χ0n) is 17.5. The summed E-state index contributed by atoms with van der Waals surface area (Å²) in [6, 6.07) is 16.6. The van der Waals surface area contributed by atoms with Crippen molar-refractivity contribution in [3.63, 3.8) is 0 Å².